The topological polar surface area (TPSA) is 84.0 Å². The molecule has 0 unspecified atom stereocenters. The summed E-state index contributed by atoms with van der Waals surface area (Å²) in [7, 11) is 0. The van der Waals surface area contributed by atoms with Crippen molar-refractivity contribution in [3.8, 4) is 23.0 Å². The van der Waals surface area contributed by atoms with E-state index in [9.17, 15) is 9.59 Å². The van der Waals surface area contributed by atoms with Gasteiger partial charge in [-0.3, -0.25) is 4.98 Å². The van der Waals surface area contributed by atoms with E-state index < -0.39 is 11.9 Å². The summed E-state index contributed by atoms with van der Waals surface area (Å²) in [6, 6.07) is 25.1. The maximum absolute atomic E-state index is 13.7. The molecule has 5 rings (SSSR count). The van der Waals surface area contributed by atoms with Crippen LogP contribution in [-0.2, 0) is 0 Å². The van der Waals surface area contributed by atoms with E-state index in [2.05, 4.69) is 34.8 Å². The SMILES string of the molecule is CCCCCCCCOc1ccc(C(=O)Oc2c(Br)ccc3c(OC(=O)c4ccc(OCCCCCCCC)cc4)c(/C=C/c4ccncc4)ccc23)cc1. The fourth-order valence-electron chi connectivity index (χ4n) is 6.17. The Morgan fingerprint density at radius 2 is 1.02 bits per heavy atom. The van der Waals surface area contributed by atoms with Crippen molar-refractivity contribution >= 4 is 50.8 Å². The van der Waals surface area contributed by atoms with Crippen molar-refractivity contribution in [1.29, 1.82) is 0 Å². The molecule has 0 saturated heterocycles. The van der Waals surface area contributed by atoms with Crippen LogP contribution in [0.25, 0.3) is 22.9 Å². The molecule has 0 saturated carbocycles. The van der Waals surface area contributed by atoms with Gasteiger partial charge in [0.25, 0.3) is 0 Å². The van der Waals surface area contributed by atoms with Crippen LogP contribution in [0.3, 0.4) is 0 Å². The molecule has 0 aliphatic heterocycles. The van der Waals surface area contributed by atoms with Crippen LogP contribution < -0.4 is 18.9 Å². The third-order valence-electron chi connectivity index (χ3n) is 9.35. The largest absolute Gasteiger partial charge is 0.494 e. The van der Waals surface area contributed by atoms with Crippen molar-refractivity contribution in [2.75, 3.05) is 13.2 Å². The Balaban J connectivity index is 1.32. The van der Waals surface area contributed by atoms with E-state index in [1.165, 1.54) is 51.4 Å². The summed E-state index contributed by atoms with van der Waals surface area (Å²) < 4.78 is 24.6. The van der Waals surface area contributed by atoms with Crippen LogP contribution in [0.4, 0.5) is 0 Å². The Bertz CT molecular complexity index is 1980. The number of carbonyl (C=O) groups excluding carboxylic acids is 2. The van der Waals surface area contributed by atoms with Crippen molar-refractivity contribution in [3.63, 3.8) is 0 Å². The summed E-state index contributed by atoms with van der Waals surface area (Å²) in [6.07, 6.45) is 21.5. The Hall–Kier alpha value is -4.95. The molecule has 0 spiro atoms. The molecule has 4 aromatic carbocycles. The lowest BCUT2D eigenvalue weighted by Crippen LogP contribution is -2.11. The molecule has 0 bridgehead atoms. The first-order chi connectivity index (χ1) is 27.0. The molecular weight excluding hydrogens is 754 g/mol. The fraction of sp³-hybridized carbons (Fsp3) is 0.340. The molecule has 0 radical (unpaired) electrons. The number of aromatic nitrogens is 1. The van der Waals surface area contributed by atoms with Crippen LogP contribution in [-0.4, -0.2) is 30.1 Å². The molecule has 5 aromatic rings. The Labute approximate surface area is 334 Å². The number of unbranched alkanes of at least 4 members (excludes halogenated alkanes) is 10. The number of ether oxygens (including phenoxy) is 4. The van der Waals surface area contributed by atoms with E-state index in [0.29, 0.717) is 68.1 Å². The first kappa shape index (κ1) is 41.2. The molecular formula is C47H52BrNO6. The molecule has 55 heavy (non-hydrogen) atoms. The molecule has 288 valence electrons. The van der Waals surface area contributed by atoms with E-state index in [1.807, 2.05) is 42.5 Å². The van der Waals surface area contributed by atoms with Crippen LogP contribution in [0.5, 0.6) is 23.0 Å². The smallest absolute Gasteiger partial charge is 0.343 e. The van der Waals surface area contributed by atoms with Gasteiger partial charge in [0.05, 0.1) is 28.8 Å². The van der Waals surface area contributed by atoms with Gasteiger partial charge < -0.3 is 18.9 Å². The van der Waals surface area contributed by atoms with Crippen LogP contribution in [0.15, 0.2) is 102 Å². The number of hydrogen-bond acceptors (Lipinski definition) is 7. The third-order valence-corrected chi connectivity index (χ3v) is 9.97. The second-order valence-electron chi connectivity index (χ2n) is 13.6. The van der Waals surface area contributed by atoms with Crippen molar-refractivity contribution < 1.29 is 28.5 Å². The van der Waals surface area contributed by atoms with Gasteiger partial charge in [0.2, 0.25) is 0 Å². The lowest BCUT2D eigenvalue weighted by molar-refractivity contribution is 0.0724. The van der Waals surface area contributed by atoms with E-state index in [4.69, 9.17) is 18.9 Å². The minimum atomic E-state index is -0.520. The van der Waals surface area contributed by atoms with Gasteiger partial charge in [-0.05, 0) is 113 Å². The highest BCUT2D eigenvalue weighted by Crippen LogP contribution is 2.41. The maximum Gasteiger partial charge on any atom is 0.343 e. The minimum Gasteiger partial charge on any atom is -0.494 e. The fourth-order valence-corrected chi connectivity index (χ4v) is 6.60. The Morgan fingerprint density at radius 3 is 1.56 bits per heavy atom. The highest BCUT2D eigenvalue weighted by molar-refractivity contribution is 9.10. The number of fused-ring (bicyclic) bond motifs is 1. The average Bonchev–Trinajstić information content (AvgIpc) is 3.21. The number of pyridine rings is 1. The van der Waals surface area contributed by atoms with Gasteiger partial charge in [-0.25, -0.2) is 9.59 Å². The molecule has 1 heterocycles. The van der Waals surface area contributed by atoms with Gasteiger partial charge in [-0.2, -0.15) is 0 Å². The molecule has 0 N–H and O–H groups in total. The van der Waals surface area contributed by atoms with Crippen LogP contribution in [0.2, 0.25) is 0 Å². The number of esters is 2. The number of hydrogen-bond donors (Lipinski definition) is 0. The molecule has 7 nitrogen and oxygen atoms in total. The Morgan fingerprint density at radius 1 is 0.545 bits per heavy atom. The Kier molecular flexibility index (Phi) is 16.8. The second-order valence-corrected chi connectivity index (χ2v) is 14.5. The number of rotatable bonds is 22. The molecule has 0 amide bonds. The maximum atomic E-state index is 13.7. The standard InChI is InChI=1S/C47H52BrNO6/c1-3-5-7-9-11-13-33-52-39-22-17-37(18-23-39)46(50)54-44-36(16-15-35-29-31-49-32-30-35)21-26-42-41(44)27-28-43(48)45(42)55-47(51)38-19-24-40(25-20-38)53-34-14-12-10-8-6-4-2/h15-32H,3-14,33-34H2,1-2H3/b16-15+. The summed E-state index contributed by atoms with van der Waals surface area (Å²) >= 11 is 3.58. The number of halogens is 1. The second kappa shape index (κ2) is 22.4. The van der Waals surface area contributed by atoms with E-state index in [1.54, 1.807) is 67.0 Å². The first-order valence-corrected chi connectivity index (χ1v) is 20.5. The molecule has 1 aromatic heterocycles. The third kappa shape index (κ3) is 12.8. The quantitative estimate of drug-likeness (QED) is 0.0391. The van der Waals surface area contributed by atoms with Crippen molar-refractivity contribution in [2.24, 2.45) is 0 Å². The molecule has 0 fully saturated rings. The lowest BCUT2D eigenvalue weighted by atomic mass is 10.0. The number of carbonyl (C=O) groups is 2. The predicted octanol–water partition coefficient (Wildman–Crippen LogP) is 13.1. The van der Waals surface area contributed by atoms with E-state index in [0.717, 1.165) is 31.2 Å². The van der Waals surface area contributed by atoms with E-state index >= 15 is 0 Å². The first-order valence-electron chi connectivity index (χ1n) is 19.7. The van der Waals surface area contributed by atoms with Gasteiger partial charge in [0, 0.05) is 28.7 Å². The van der Waals surface area contributed by atoms with Crippen molar-refractivity contribution in [3.05, 3.63) is 124 Å². The number of benzene rings is 4. The summed E-state index contributed by atoms with van der Waals surface area (Å²) in [5.74, 6) is 1.05. The normalized spacial score (nSPS) is 11.2. The van der Waals surface area contributed by atoms with Crippen molar-refractivity contribution in [2.45, 2.75) is 90.9 Å². The lowest BCUT2D eigenvalue weighted by Gasteiger charge is -2.15. The molecule has 0 aliphatic carbocycles. The zero-order valence-corrected chi connectivity index (χ0v) is 33.7. The van der Waals surface area contributed by atoms with Gasteiger partial charge in [-0.15, -0.1) is 0 Å². The van der Waals surface area contributed by atoms with Gasteiger partial charge in [0.15, 0.2) is 5.75 Å². The van der Waals surface area contributed by atoms with Crippen LogP contribution >= 0.6 is 15.9 Å². The number of nitrogens with zero attached hydrogens (tertiary/aromatic N) is 1. The van der Waals surface area contributed by atoms with Gasteiger partial charge >= 0.3 is 11.9 Å². The highest BCUT2D eigenvalue weighted by Gasteiger charge is 2.20. The highest BCUT2D eigenvalue weighted by atomic mass is 79.9. The summed E-state index contributed by atoms with van der Waals surface area (Å²) in [5.41, 5.74) is 2.38. The summed E-state index contributed by atoms with van der Waals surface area (Å²) in [6.45, 7) is 5.72. The van der Waals surface area contributed by atoms with E-state index in [-0.39, 0.29) is 0 Å². The predicted molar refractivity (Wildman–Crippen MR) is 225 cm³/mol. The van der Waals surface area contributed by atoms with Crippen molar-refractivity contribution in [1.82, 2.24) is 4.98 Å². The minimum absolute atomic E-state index is 0.319. The zero-order chi connectivity index (χ0) is 38.7. The molecule has 8 heteroatoms. The zero-order valence-electron chi connectivity index (χ0n) is 32.1. The average molecular weight is 807 g/mol. The molecule has 0 atom stereocenters. The van der Waals surface area contributed by atoms with Crippen LogP contribution in [0, 0.1) is 0 Å². The van der Waals surface area contributed by atoms with Gasteiger partial charge in [0.1, 0.15) is 17.2 Å². The summed E-state index contributed by atoms with van der Waals surface area (Å²) in [5, 5.41) is 1.21. The molecule has 0 aliphatic rings. The summed E-state index contributed by atoms with van der Waals surface area (Å²) in [4.78, 5) is 31.2. The monoisotopic (exact) mass is 805 g/mol. The van der Waals surface area contributed by atoms with Crippen LogP contribution in [0.1, 0.15) is 123 Å². The van der Waals surface area contributed by atoms with Gasteiger partial charge in [-0.1, -0.05) is 96.3 Å².